The Hall–Kier alpha value is -1.26. The predicted molar refractivity (Wildman–Crippen MR) is 65.2 cm³/mol. The summed E-state index contributed by atoms with van der Waals surface area (Å²) in [7, 11) is 1.46. The summed E-state index contributed by atoms with van der Waals surface area (Å²) >= 11 is 5.97. The molecule has 0 amide bonds. The number of aliphatic hydroxyl groups excluding tert-OH is 1. The van der Waals surface area contributed by atoms with Gasteiger partial charge in [0.2, 0.25) is 0 Å². The highest BCUT2D eigenvalue weighted by Crippen LogP contribution is 2.36. The zero-order valence-electron chi connectivity index (χ0n) is 9.77. The summed E-state index contributed by atoms with van der Waals surface area (Å²) in [5.41, 5.74) is 0.412. The van der Waals surface area contributed by atoms with Crippen LogP contribution in [-0.4, -0.2) is 31.2 Å². The van der Waals surface area contributed by atoms with E-state index in [4.69, 9.17) is 21.1 Å². The van der Waals surface area contributed by atoms with E-state index in [9.17, 15) is 9.90 Å². The van der Waals surface area contributed by atoms with Gasteiger partial charge in [-0.25, -0.2) is 0 Å². The van der Waals surface area contributed by atoms with Crippen LogP contribution in [0.5, 0.6) is 11.5 Å². The Labute approximate surface area is 105 Å². The van der Waals surface area contributed by atoms with E-state index in [-0.39, 0.29) is 11.6 Å². The van der Waals surface area contributed by atoms with Crippen molar-refractivity contribution in [2.75, 3.05) is 13.7 Å². The van der Waals surface area contributed by atoms with Crippen LogP contribution in [0.15, 0.2) is 12.1 Å². The molecule has 0 radical (unpaired) electrons. The van der Waals surface area contributed by atoms with Gasteiger partial charge in [0.1, 0.15) is 12.9 Å². The monoisotopic (exact) mass is 258 g/mol. The van der Waals surface area contributed by atoms with Crippen molar-refractivity contribution in [3.63, 3.8) is 0 Å². The molecule has 94 valence electrons. The van der Waals surface area contributed by atoms with Crippen LogP contribution in [0.3, 0.4) is 0 Å². The Kier molecular flexibility index (Phi) is 5.25. The second kappa shape index (κ2) is 6.47. The summed E-state index contributed by atoms with van der Waals surface area (Å²) in [6.45, 7) is 1.98. The van der Waals surface area contributed by atoms with E-state index >= 15 is 0 Å². The van der Waals surface area contributed by atoms with E-state index in [1.165, 1.54) is 19.2 Å². The third-order valence-corrected chi connectivity index (χ3v) is 2.56. The number of ether oxygens (including phenoxy) is 2. The lowest BCUT2D eigenvalue weighted by Gasteiger charge is -2.14. The summed E-state index contributed by atoms with van der Waals surface area (Å²) < 4.78 is 10.5. The largest absolute Gasteiger partial charge is 0.493 e. The van der Waals surface area contributed by atoms with E-state index in [0.717, 1.165) is 0 Å². The van der Waals surface area contributed by atoms with Gasteiger partial charge in [-0.05, 0) is 18.6 Å². The lowest BCUT2D eigenvalue weighted by Crippen LogP contribution is -2.16. The number of methoxy groups -OCH3 is 1. The van der Waals surface area contributed by atoms with Crippen molar-refractivity contribution >= 4 is 17.9 Å². The maximum absolute atomic E-state index is 10.7. The number of rotatable bonds is 6. The van der Waals surface area contributed by atoms with Crippen LogP contribution >= 0.6 is 11.6 Å². The average Bonchev–Trinajstić information content (AvgIpc) is 2.35. The van der Waals surface area contributed by atoms with Crippen molar-refractivity contribution in [2.45, 2.75) is 19.4 Å². The molecule has 0 spiro atoms. The molecule has 0 saturated carbocycles. The van der Waals surface area contributed by atoms with Crippen molar-refractivity contribution < 1.29 is 19.4 Å². The van der Waals surface area contributed by atoms with Crippen molar-refractivity contribution in [1.82, 2.24) is 0 Å². The topological polar surface area (TPSA) is 55.8 Å². The van der Waals surface area contributed by atoms with Gasteiger partial charge in [0.25, 0.3) is 0 Å². The fraction of sp³-hybridized carbons (Fsp3) is 0.417. The highest BCUT2D eigenvalue weighted by atomic mass is 35.5. The maximum Gasteiger partial charge on any atom is 0.179 e. The molecule has 0 fully saturated rings. The van der Waals surface area contributed by atoms with Crippen LogP contribution in [0, 0.1) is 0 Å². The minimum Gasteiger partial charge on any atom is -0.493 e. The Balaban J connectivity index is 2.93. The Morgan fingerprint density at radius 3 is 2.76 bits per heavy atom. The van der Waals surface area contributed by atoms with Crippen molar-refractivity contribution in [3.05, 3.63) is 22.7 Å². The van der Waals surface area contributed by atoms with Gasteiger partial charge in [0.05, 0.1) is 18.2 Å². The lowest BCUT2D eigenvalue weighted by molar-refractivity contribution is 0.102. The minimum atomic E-state index is -0.554. The van der Waals surface area contributed by atoms with Gasteiger partial charge >= 0.3 is 0 Å². The maximum atomic E-state index is 10.7. The molecule has 1 rings (SSSR count). The summed E-state index contributed by atoms with van der Waals surface area (Å²) in [4.78, 5) is 10.7. The fourth-order valence-corrected chi connectivity index (χ4v) is 1.52. The van der Waals surface area contributed by atoms with Gasteiger partial charge < -0.3 is 14.6 Å². The SMILES string of the molecule is CCC(O)COc1c(Cl)cc(C=O)cc1OC. The number of hydrogen-bond donors (Lipinski definition) is 1. The highest BCUT2D eigenvalue weighted by molar-refractivity contribution is 6.32. The summed E-state index contributed by atoms with van der Waals surface area (Å²) in [6, 6.07) is 3.03. The first-order chi connectivity index (χ1) is 8.12. The summed E-state index contributed by atoms with van der Waals surface area (Å²) in [6.07, 6.45) is 0.715. The molecule has 1 aromatic rings. The molecule has 1 atom stereocenters. The first kappa shape index (κ1) is 13.8. The van der Waals surface area contributed by atoms with Gasteiger partial charge in [0.15, 0.2) is 11.5 Å². The number of hydrogen-bond acceptors (Lipinski definition) is 4. The van der Waals surface area contributed by atoms with Crippen molar-refractivity contribution in [1.29, 1.82) is 0 Å². The number of aliphatic hydroxyl groups is 1. The summed E-state index contributed by atoms with van der Waals surface area (Å²) in [5.74, 6) is 0.718. The van der Waals surface area contributed by atoms with Gasteiger partial charge in [-0.15, -0.1) is 0 Å². The molecule has 1 N–H and O–H groups in total. The molecule has 1 unspecified atom stereocenters. The zero-order valence-corrected chi connectivity index (χ0v) is 10.5. The van der Waals surface area contributed by atoms with E-state index in [2.05, 4.69) is 0 Å². The molecular weight excluding hydrogens is 244 g/mol. The van der Waals surface area contributed by atoms with Crippen molar-refractivity contribution in [3.8, 4) is 11.5 Å². The Morgan fingerprint density at radius 2 is 2.24 bits per heavy atom. The second-order valence-corrected chi connectivity index (χ2v) is 3.93. The molecule has 4 nitrogen and oxygen atoms in total. The molecule has 0 aromatic heterocycles. The van der Waals surface area contributed by atoms with Crippen LogP contribution in [0.25, 0.3) is 0 Å². The van der Waals surface area contributed by atoms with Gasteiger partial charge in [0, 0.05) is 5.56 Å². The van der Waals surface area contributed by atoms with Gasteiger partial charge in [-0.1, -0.05) is 18.5 Å². The van der Waals surface area contributed by atoms with E-state index in [1.807, 2.05) is 6.92 Å². The number of carbonyl (C=O) groups excluding carboxylic acids is 1. The molecule has 17 heavy (non-hydrogen) atoms. The quantitative estimate of drug-likeness (QED) is 0.796. The number of carbonyl (C=O) groups is 1. The number of aldehydes is 1. The molecule has 0 saturated heterocycles. The molecule has 0 aliphatic carbocycles. The van der Waals surface area contributed by atoms with E-state index < -0.39 is 6.10 Å². The molecule has 0 aliphatic heterocycles. The number of halogens is 1. The first-order valence-corrected chi connectivity index (χ1v) is 5.63. The fourth-order valence-electron chi connectivity index (χ4n) is 1.25. The van der Waals surface area contributed by atoms with Crippen LogP contribution in [0.2, 0.25) is 5.02 Å². The molecule has 0 bridgehead atoms. The normalized spacial score (nSPS) is 12.0. The average molecular weight is 259 g/mol. The Morgan fingerprint density at radius 1 is 1.53 bits per heavy atom. The second-order valence-electron chi connectivity index (χ2n) is 3.53. The third-order valence-electron chi connectivity index (χ3n) is 2.28. The molecule has 0 aliphatic rings. The third kappa shape index (κ3) is 3.61. The molecular formula is C12H15ClO4. The van der Waals surface area contributed by atoms with Crippen LogP contribution in [-0.2, 0) is 0 Å². The molecule has 0 heterocycles. The summed E-state index contributed by atoms with van der Waals surface area (Å²) in [5, 5.41) is 9.70. The minimum absolute atomic E-state index is 0.132. The van der Waals surface area contributed by atoms with Crippen LogP contribution < -0.4 is 9.47 Å². The van der Waals surface area contributed by atoms with Crippen LogP contribution in [0.1, 0.15) is 23.7 Å². The lowest BCUT2D eigenvalue weighted by atomic mass is 10.2. The van der Waals surface area contributed by atoms with Crippen molar-refractivity contribution in [2.24, 2.45) is 0 Å². The van der Waals surface area contributed by atoms with Gasteiger partial charge in [-0.2, -0.15) is 0 Å². The standard InChI is InChI=1S/C12H15ClO4/c1-3-9(15)7-17-12-10(13)4-8(6-14)5-11(12)16-2/h4-6,9,15H,3,7H2,1-2H3. The van der Waals surface area contributed by atoms with E-state index in [1.54, 1.807) is 0 Å². The predicted octanol–water partition coefficient (Wildman–Crippen LogP) is 2.31. The molecule has 1 aromatic carbocycles. The van der Waals surface area contributed by atoms with E-state index in [0.29, 0.717) is 29.8 Å². The number of benzene rings is 1. The molecule has 5 heteroatoms. The van der Waals surface area contributed by atoms with Crippen LogP contribution in [0.4, 0.5) is 0 Å². The highest BCUT2D eigenvalue weighted by Gasteiger charge is 2.13. The first-order valence-electron chi connectivity index (χ1n) is 5.26. The Bertz CT molecular complexity index is 392. The van der Waals surface area contributed by atoms with Gasteiger partial charge in [-0.3, -0.25) is 4.79 Å². The zero-order chi connectivity index (χ0) is 12.8. The smallest absolute Gasteiger partial charge is 0.179 e.